The minimum atomic E-state index is 0.229. The maximum Gasteiger partial charge on any atom is 0.0418 e. The van der Waals surface area contributed by atoms with Crippen molar-refractivity contribution >= 4 is 11.6 Å². The van der Waals surface area contributed by atoms with Gasteiger partial charge in [0.2, 0.25) is 0 Å². The van der Waals surface area contributed by atoms with Crippen molar-refractivity contribution in [2.75, 3.05) is 0 Å². The molecule has 0 unspecified atom stereocenters. The highest BCUT2D eigenvalue weighted by Crippen LogP contribution is 2.53. The molecular weight excluding hydrogens is 252 g/mol. The van der Waals surface area contributed by atoms with Gasteiger partial charge in [0.15, 0.2) is 0 Å². The van der Waals surface area contributed by atoms with Gasteiger partial charge >= 0.3 is 0 Å². The Balaban J connectivity index is 1.78. The van der Waals surface area contributed by atoms with Crippen LogP contribution in [0, 0.1) is 17.8 Å². The van der Waals surface area contributed by atoms with Crippen molar-refractivity contribution in [3.05, 3.63) is 70.7 Å². The molecule has 0 aliphatic heterocycles. The number of hydrogen-bond donors (Lipinski definition) is 0. The van der Waals surface area contributed by atoms with E-state index in [1.807, 2.05) is 24.3 Å². The molecule has 19 heavy (non-hydrogen) atoms. The van der Waals surface area contributed by atoms with Crippen LogP contribution in [0.5, 0.6) is 0 Å². The van der Waals surface area contributed by atoms with Crippen molar-refractivity contribution in [3.8, 4) is 11.8 Å². The van der Waals surface area contributed by atoms with Crippen molar-refractivity contribution in [2.45, 2.75) is 18.8 Å². The zero-order valence-corrected chi connectivity index (χ0v) is 11.6. The van der Waals surface area contributed by atoms with Gasteiger partial charge in [-0.3, -0.25) is 0 Å². The lowest BCUT2D eigenvalue weighted by molar-refractivity contribution is 0.746. The molecule has 1 heteroatoms. The van der Waals surface area contributed by atoms with Crippen molar-refractivity contribution in [3.63, 3.8) is 0 Å². The molecule has 0 aromatic heterocycles. The highest BCUT2D eigenvalue weighted by atomic mass is 35.5. The zero-order chi connectivity index (χ0) is 13.3. The molecule has 2 aromatic carbocycles. The van der Waals surface area contributed by atoms with Crippen LogP contribution >= 0.6 is 11.6 Å². The SMILES string of the molecule is C[C@@]1(c2ccccc2)C[C@H]1C#Cc1cccc(Cl)c1. The summed E-state index contributed by atoms with van der Waals surface area (Å²) in [6, 6.07) is 18.4. The van der Waals surface area contributed by atoms with E-state index >= 15 is 0 Å². The molecule has 1 aliphatic carbocycles. The Morgan fingerprint density at radius 3 is 2.63 bits per heavy atom. The quantitative estimate of drug-likeness (QED) is 0.658. The summed E-state index contributed by atoms with van der Waals surface area (Å²) in [5.74, 6) is 7.07. The molecular formula is C18H15Cl. The standard InChI is InChI=1S/C18H15Cl/c1-18(15-7-3-2-4-8-15)13-16(18)11-10-14-6-5-9-17(19)12-14/h2-9,12,16H,13H2,1H3/t16-,18+/m1/s1. The number of rotatable bonds is 1. The Morgan fingerprint density at radius 2 is 1.89 bits per heavy atom. The van der Waals surface area contributed by atoms with E-state index in [1.165, 1.54) is 5.56 Å². The predicted octanol–water partition coefficient (Wildman–Crippen LogP) is 4.67. The molecule has 0 spiro atoms. The van der Waals surface area contributed by atoms with Gasteiger partial charge in [-0.05, 0) is 30.2 Å². The average molecular weight is 267 g/mol. The minimum absolute atomic E-state index is 0.229. The van der Waals surface area contributed by atoms with Crippen molar-refractivity contribution < 1.29 is 0 Å². The molecule has 2 atom stereocenters. The van der Waals surface area contributed by atoms with Crippen LogP contribution in [0.3, 0.4) is 0 Å². The second kappa shape index (κ2) is 4.76. The molecule has 1 saturated carbocycles. The topological polar surface area (TPSA) is 0 Å². The predicted molar refractivity (Wildman–Crippen MR) is 80.2 cm³/mol. The number of halogens is 1. The fraction of sp³-hybridized carbons (Fsp3) is 0.222. The largest absolute Gasteiger partial charge is 0.0935 e. The van der Waals surface area contributed by atoms with Crippen LogP contribution in [0.4, 0.5) is 0 Å². The zero-order valence-electron chi connectivity index (χ0n) is 10.9. The van der Waals surface area contributed by atoms with E-state index in [4.69, 9.17) is 11.6 Å². The third-order valence-corrected chi connectivity index (χ3v) is 4.12. The average Bonchev–Trinajstić information content (AvgIpc) is 3.10. The van der Waals surface area contributed by atoms with E-state index in [9.17, 15) is 0 Å². The van der Waals surface area contributed by atoms with Gasteiger partial charge in [-0.1, -0.05) is 66.8 Å². The monoisotopic (exact) mass is 266 g/mol. The smallest absolute Gasteiger partial charge is 0.0418 e. The van der Waals surface area contributed by atoms with Crippen LogP contribution < -0.4 is 0 Å². The highest BCUT2D eigenvalue weighted by Gasteiger charge is 2.50. The van der Waals surface area contributed by atoms with E-state index in [1.54, 1.807) is 0 Å². The van der Waals surface area contributed by atoms with Crippen LogP contribution in [-0.4, -0.2) is 0 Å². The summed E-state index contributed by atoms with van der Waals surface area (Å²) < 4.78 is 0. The molecule has 2 aromatic rings. The fourth-order valence-electron chi connectivity index (χ4n) is 2.45. The van der Waals surface area contributed by atoms with Gasteiger partial charge in [-0.2, -0.15) is 0 Å². The van der Waals surface area contributed by atoms with Gasteiger partial charge in [-0.25, -0.2) is 0 Å². The molecule has 0 heterocycles. The second-order valence-corrected chi connectivity index (χ2v) is 5.76. The van der Waals surface area contributed by atoms with Crippen molar-refractivity contribution in [1.29, 1.82) is 0 Å². The summed E-state index contributed by atoms with van der Waals surface area (Å²) in [5.41, 5.74) is 2.61. The Kier molecular flexibility index (Phi) is 3.09. The van der Waals surface area contributed by atoms with E-state index in [2.05, 4.69) is 49.1 Å². The molecule has 94 valence electrons. The molecule has 0 saturated heterocycles. The van der Waals surface area contributed by atoms with E-state index < -0.39 is 0 Å². The van der Waals surface area contributed by atoms with Gasteiger partial charge in [0.25, 0.3) is 0 Å². The van der Waals surface area contributed by atoms with Crippen LogP contribution in [0.15, 0.2) is 54.6 Å². The first-order valence-electron chi connectivity index (χ1n) is 6.51. The summed E-state index contributed by atoms with van der Waals surface area (Å²) in [5, 5.41) is 0.744. The van der Waals surface area contributed by atoms with Gasteiger partial charge in [-0.15, -0.1) is 0 Å². The Bertz CT molecular complexity index is 648. The van der Waals surface area contributed by atoms with Gasteiger partial charge in [0.1, 0.15) is 0 Å². The third-order valence-electron chi connectivity index (χ3n) is 3.89. The first kappa shape index (κ1) is 12.3. The minimum Gasteiger partial charge on any atom is -0.0935 e. The van der Waals surface area contributed by atoms with E-state index in [0.717, 1.165) is 17.0 Å². The van der Waals surface area contributed by atoms with Gasteiger partial charge in [0.05, 0.1) is 0 Å². The van der Waals surface area contributed by atoms with Crippen LogP contribution in [-0.2, 0) is 5.41 Å². The maximum atomic E-state index is 5.96. The molecule has 0 nitrogen and oxygen atoms in total. The Hall–Kier alpha value is -1.71. The molecule has 3 rings (SSSR count). The lowest BCUT2D eigenvalue weighted by Crippen LogP contribution is -2.02. The molecule has 1 fully saturated rings. The lowest BCUT2D eigenvalue weighted by Gasteiger charge is -2.08. The third kappa shape index (κ3) is 2.53. The highest BCUT2D eigenvalue weighted by molar-refractivity contribution is 6.30. The molecule has 1 aliphatic rings. The lowest BCUT2D eigenvalue weighted by atomic mass is 9.96. The normalized spacial score (nSPS) is 24.4. The molecule has 0 radical (unpaired) electrons. The van der Waals surface area contributed by atoms with Gasteiger partial charge in [0, 0.05) is 21.9 Å². The molecule has 0 amide bonds. The summed E-state index contributed by atoms with van der Waals surface area (Å²) in [6.45, 7) is 2.29. The van der Waals surface area contributed by atoms with E-state index in [-0.39, 0.29) is 5.41 Å². The van der Waals surface area contributed by atoms with Crippen molar-refractivity contribution in [2.24, 2.45) is 5.92 Å². The summed E-state index contributed by atoms with van der Waals surface area (Å²) >= 11 is 5.96. The van der Waals surface area contributed by atoms with E-state index in [0.29, 0.717) is 5.92 Å². The maximum absolute atomic E-state index is 5.96. The van der Waals surface area contributed by atoms with Gasteiger partial charge < -0.3 is 0 Å². The summed E-state index contributed by atoms with van der Waals surface area (Å²) in [4.78, 5) is 0. The number of benzene rings is 2. The second-order valence-electron chi connectivity index (χ2n) is 5.32. The van der Waals surface area contributed by atoms with Crippen LogP contribution in [0.1, 0.15) is 24.5 Å². The summed E-state index contributed by atoms with van der Waals surface area (Å²) in [6.07, 6.45) is 1.14. The number of hydrogen-bond acceptors (Lipinski definition) is 0. The van der Waals surface area contributed by atoms with Crippen LogP contribution in [0.2, 0.25) is 5.02 Å². The Morgan fingerprint density at radius 1 is 1.11 bits per heavy atom. The van der Waals surface area contributed by atoms with Crippen LogP contribution in [0.25, 0.3) is 0 Å². The first-order chi connectivity index (χ1) is 9.18. The Labute approximate surface area is 119 Å². The first-order valence-corrected chi connectivity index (χ1v) is 6.89. The molecule has 0 bridgehead atoms. The molecule has 0 N–H and O–H groups in total. The fourth-order valence-corrected chi connectivity index (χ4v) is 2.64. The van der Waals surface area contributed by atoms with Crippen molar-refractivity contribution in [1.82, 2.24) is 0 Å². The summed E-state index contributed by atoms with van der Waals surface area (Å²) in [7, 11) is 0.